The lowest BCUT2D eigenvalue weighted by molar-refractivity contribution is -0.144. The largest absolute Gasteiger partial charge is 0.467 e. The number of carbonyl (C=O) groups is 2. The van der Waals surface area contributed by atoms with Gasteiger partial charge in [0, 0.05) is 5.57 Å². The lowest BCUT2D eigenvalue weighted by Crippen LogP contribution is -2.42. The van der Waals surface area contributed by atoms with Crippen molar-refractivity contribution in [3.63, 3.8) is 0 Å². The molecule has 0 radical (unpaired) electrons. The van der Waals surface area contributed by atoms with Crippen molar-refractivity contribution in [2.45, 2.75) is 19.4 Å². The monoisotopic (exact) mass is 231 g/mol. The van der Waals surface area contributed by atoms with Gasteiger partial charge in [-0.2, -0.15) is 11.8 Å². The minimum absolute atomic E-state index is 0.313. The summed E-state index contributed by atoms with van der Waals surface area (Å²) in [7, 11) is 1.31. The third kappa shape index (κ3) is 5.47. The van der Waals surface area contributed by atoms with E-state index in [0.717, 1.165) is 5.75 Å². The Balaban J connectivity index is 4.30. The predicted molar refractivity (Wildman–Crippen MR) is 61.8 cm³/mol. The zero-order chi connectivity index (χ0) is 11.8. The van der Waals surface area contributed by atoms with Crippen molar-refractivity contribution in [3.8, 4) is 0 Å². The van der Waals surface area contributed by atoms with Gasteiger partial charge in [-0.3, -0.25) is 4.79 Å². The number of esters is 1. The quantitative estimate of drug-likeness (QED) is 0.547. The van der Waals surface area contributed by atoms with E-state index in [-0.39, 0.29) is 5.91 Å². The topological polar surface area (TPSA) is 55.4 Å². The van der Waals surface area contributed by atoms with Gasteiger partial charge in [0.05, 0.1) is 7.11 Å². The normalized spacial score (nSPS) is 11.7. The molecule has 0 rings (SSSR count). The number of rotatable bonds is 6. The van der Waals surface area contributed by atoms with Crippen molar-refractivity contribution in [3.05, 3.63) is 12.2 Å². The van der Waals surface area contributed by atoms with Crippen LogP contribution < -0.4 is 5.32 Å². The standard InChI is InChI=1S/C10H17NO3S/c1-7(2)9(12)11-8(5-6-15-4)10(13)14-3/h8H,1,5-6H2,2-4H3,(H,11,12)/t8-/m1/s1. The highest BCUT2D eigenvalue weighted by atomic mass is 32.2. The second-order valence-electron chi connectivity index (χ2n) is 3.11. The SMILES string of the molecule is C=C(C)C(=O)N[C@H](CCSC)C(=O)OC. The molecule has 0 spiro atoms. The molecule has 15 heavy (non-hydrogen) atoms. The number of ether oxygens (including phenoxy) is 1. The van der Waals surface area contributed by atoms with Crippen molar-refractivity contribution in [1.82, 2.24) is 5.32 Å². The maximum atomic E-state index is 11.3. The molecule has 4 nitrogen and oxygen atoms in total. The highest BCUT2D eigenvalue weighted by Gasteiger charge is 2.20. The van der Waals surface area contributed by atoms with E-state index in [1.54, 1.807) is 18.7 Å². The van der Waals surface area contributed by atoms with Crippen LogP contribution in [0, 0.1) is 0 Å². The maximum Gasteiger partial charge on any atom is 0.328 e. The first-order valence-corrected chi connectivity index (χ1v) is 5.95. The molecule has 0 fully saturated rings. The fourth-order valence-corrected chi connectivity index (χ4v) is 1.38. The van der Waals surface area contributed by atoms with Gasteiger partial charge in [-0.1, -0.05) is 6.58 Å². The number of hydrogen-bond donors (Lipinski definition) is 1. The number of methoxy groups -OCH3 is 1. The van der Waals surface area contributed by atoms with Crippen molar-refractivity contribution < 1.29 is 14.3 Å². The zero-order valence-corrected chi connectivity index (χ0v) is 10.1. The van der Waals surface area contributed by atoms with Gasteiger partial charge >= 0.3 is 5.97 Å². The first-order chi connectivity index (χ1) is 7.02. The molecular weight excluding hydrogens is 214 g/mol. The fourth-order valence-electron chi connectivity index (χ4n) is 0.908. The van der Waals surface area contributed by atoms with Gasteiger partial charge in [0.2, 0.25) is 5.91 Å². The molecule has 0 aliphatic carbocycles. The average Bonchev–Trinajstić information content (AvgIpc) is 2.22. The third-order valence-corrected chi connectivity index (χ3v) is 2.43. The summed E-state index contributed by atoms with van der Waals surface area (Å²) >= 11 is 1.61. The van der Waals surface area contributed by atoms with E-state index in [9.17, 15) is 9.59 Å². The van der Waals surface area contributed by atoms with Crippen LogP contribution >= 0.6 is 11.8 Å². The van der Waals surface area contributed by atoms with Crippen molar-refractivity contribution in [2.75, 3.05) is 19.1 Å². The van der Waals surface area contributed by atoms with Crippen LogP contribution in [0.4, 0.5) is 0 Å². The lowest BCUT2D eigenvalue weighted by atomic mass is 10.2. The van der Waals surface area contributed by atoms with E-state index in [1.807, 2.05) is 6.26 Å². The number of carbonyl (C=O) groups excluding carboxylic acids is 2. The van der Waals surface area contributed by atoms with Crippen molar-refractivity contribution >= 4 is 23.6 Å². The number of hydrogen-bond acceptors (Lipinski definition) is 4. The molecule has 0 saturated carbocycles. The molecule has 0 unspecified atom stereocenters. The smallest absolute Gasteiger partial charge is 0.328 e. The zero-order valence-electron chi connectivity index (χ0n) is 9.33. The maximum absolute atomic E-state index is 11.3. The molecule has 1 N–H and O–H groups in total. The minimum Gasteiger partial charge on any atom is -0.467 e. The summed E-state index contributed by atoms with van der Waals surface area (Å²) in [5.74, 6) is 0.0566. The summed E-state index contributed by atoms with van der Waals surface area (Å²) in [5.41, 5.74) is 0.382. The molecule has 0 saturated heterocycles. The van der Waals surface area contributed by atoms with E-state index in [0.29, 0.717) is 12.0 Å². The summed E-state index contributed by atoms with van der Waals surface area (Å²) in [6.45, 7) is 5.10. The van der Waals surface area contributed by atoms with Crippen LogP contribution in [0.1, 0.15) is 13.3 Å². The Labute approximate surface area is 94.4 Å². The molecule has 0 aromatic rings. The molecule has 5 heteroatoms. The van der Waals surface area contributed by atoms with Crippen molar-refractivity contribution in [2.24, 2.45) is 0 Å². The fraction of sp³-hybridized carbons (Fsp3) is 0.600. The Kier molecular flexibility index (Phi) is 6.86. The third-order valence-electron chi connectivity index (χ3n) is 1.79. The molecular formula is C10H17NO3S. The Hall–Kier alpha value is -0.970. The molecule has 0 heterocycles. The van der Waals surface area contributed by atoms with Crippen LogP contribution in [0.3, 0.4) is 0 Å². The van der Waals surface area contributed by atoms with Gasteiger partial charge in [0.1, 0.15) is 6.04 Å². The molecule has 0 aliphatic heterocycles. The molecule has 0 aromatic carbocycles. The number of nitrogens with one attached hydrogen (secondary N) is 1. The molecule has 1 amide bonds. The molecule has 1 atom stereocenters. The van der Waals surface area contributed by atoms with Crippen LogP contribution in [0.15, 0.2) is 12.2 Å². The summed E-state index contributed by atoms with van der Waals surface area (Å²) in [6, 6.07) is -0.577. The Morgan fingerprint density at radius 1 is 1.53 bits per heavy atom. The Morgan fingerprint density at radius 3 is 2.53 bits per heavy atom. The predicted octanol–water partition coefficient (Wildman–Crippen LogP) is 0.973. The highest BCUT2D eigenvalue weighted by Crippen LogP contribution is 2.03. The first kappa shape index (κ1) is 14.0. The highest BCUT2D eigenvalue weighted by molar-refractivity contribution is 7.98. The Morgan fingerprint density at radius 2 is 2.13 bits per heavy atom. The second-order valence-corrected chi connectivity index (χ2v) is 4.10. The first-order valence-electron chi connectivity index (χ1n) is 4.56. The number of thioether (sulfide) groups is 1. The van der Waals surface area contributed by atoms with Gasteiger partial charge in [0.25, 0.3) is 0 Å². The van der Waals surface area contributed by atoms with Gasteiger partial charge < -0.3 is 10.1 Å². The molecule has 0 aliphatic rings. The average molecular weight is 231 g/mol. The van der Waals surface area contributed by atoms with E-state index >= 15 is 0 Å². The number of amides is 1. The summed E-state index contributed by atoms with van der Waals surface area (Å²) in [4.78, 5) is 22.6. The lowest BCUT2D eigenvalue weighted by Gasteiger charge is -2.15. The van der Waals surface area contributed by atoms with Crippen LogP contribution in [-0.2, 0) is 14.3 Å². The van der Waals surface area contributed by atoms with E-state index in [1.165, 1.54) is 7.11 Å². The van der Waals surface area contributed by atoms with Crippen LogP contribution in [0.2, 0.25) is 0 Å². The van der Waals surface area contributed by atoms with E-state index < -0.39 is 12.0 Å². The van der Waals surface area contributed by atoms with E-state index in [2.05, 4.69) is 16.6 Å². The summed E-state index contributed by atoms with van der Waals surface area (Å²) < 4.78 is 4.60. The molecule has 0 bridgehead atoms. The minimum atomic E-state index is -0.577. The van der Waals surface area contributed by atoms with Gasteiger partial charge in [-0.25, -0.2) is 4.79 Å². The molecule has 0 aromatic heterocycles. The van der Waals surface area contributed by atoms with Gasteiger partial charge in [-0.15, -0.1) is 0 Å². The van der Waals surface area contributed by atoms with Gasteiger partial charge in [0.15, 0.2) is 0 Å². The molecule has 86 valence electrons. The van der Waals surface area contributed by atoms with Crippen LogP contribution in [-0.4, -0.2) is 37.0 Å². The summed E-state index contributed by atoms with van der Waals surface area (Å²) in [5, 5.41) is 2.58. The van der Waals surface area contributed by atoms with Crippen molar-refractivity contribution in [1.29, 1.82) is 0 Å². The van der Waals surface area contributed by atoms with Gasteiger partial charge in [-0.05, 0) is 25.4 Å². The second kappa shape index (κ2) is 7.34. The summed E-state index contributed by atoms with van der Waals surface area (Å²) in [6.07, 6.45) is 2.50. The van der Waals surface area contributed by atoms with Crippen LogP contribution in [0.25, 0.3) is 0 Å². The Bertz CT molecular complexity index is 253. The van der Waals surface area contributed by atoms with Crippen LogP contribution in [0.5, 0.6) is 0 Å². The van der Waals surface area contributed by atoms with E-state index in [4.69, 9.17) is 0 Å².